The summed E-state index contributed by atoms with van der Waals surface area (Å²) in [5.41, 5.74) is 0.937. The molecule has 1 heterocycles. The molecule has 0 amide bonds. The summed E-state index contributed by atoms with van der Waals surface area (Å²) in [6.45, 7) is 6.13. The average molecular weight is 398 g/mol. The number of hydrogen-bond acceptors (Lipinski definition) is 3. The summed E-state index contributed by atoms with van der Waals surface area (Å²) >= 11 is 3.41. The molecule has 1 aromatic carbocycles. The first-order chi connectivity index (χ1) is 9.46. The van der Waals surface area contributed by atoms with Gasteiger partial charge in [0.1, 0.15) is 0 Å². The number of nitrogens with zero attached hydrogens (tertiary/aromatic N) is 1. The zero-order chi connectivity index (χ0) is 14.8. The highest BCUT2D eigenvalue weighted by Gasteiger charge is 2.32. The molecular formula is C14H22BrClN2O2S. The van der Waals surface area contributed by atoms with Gasteiger partial charge in [-0.2, -0.15) is 4.31 Å². The van der Waals surface area contributed by atoms with E-state index in [4.69, 9.17) is 0 Å². The molecule has 0 saturated carbocycles. The third-order valence-corrected chi connectivity index (χ3v) is 6.46. The van der Waals surface area contributed by atoms with Crippen LogP contribution >= 0.6 is 28.3 Å². The molecule has 2 rings (SSSR count). The van der Waals surface area contributed by atoms with Crippen LogP contribution in [-0.4, -0.2) is 38.4 Å². The van der Waals surface area contributed by atoms with Crippen molar-refractivity contribution in [3.8, 4) is 0 Å². The fourth-order valence-corrected chi connectivity index (χ4v) is 4.60. The standard InChI is InChI=1S/C14H21BrN2O2S.ClH/c1-3-8-17(12-6-7-16-10-12)20(18,19)13-4-5-14(15)11(2)9-13;/h4-5,9,12,16H,3,6-8,10H2,1-2H3;1H. The van der Waals surface area contributed by atoms with Crippen LogP contribution in [-0.2, 0) is 10.0 Å². The molecule has 1 unspecified atom stereocenters. The third kappa shape index (κ3) is 4.20. The minimum absolute atomic E-state index is 0. The van der Waals surface area contributed by atoms with E-state index in [-0.39, 0.29) is 18.4 Å². The molecule has 0 aromatic heterocycles. The van der Waals surface area contributed by atoms with Crippen LogP contribution in [0.4, 0.5) is 0 Å². The van der Waals surface area contributed by atoms with Crippen LogP contribution in [0.1, 0.15) is 25.3 Å². The fourth-order valence-electron chi connectivity index (χ4n) is 2.52. The first-order valence-corrected chi connectivity index (χ1v) is 9.19. The largest absolute Gasteiger partial charge is 0.315 e. The van der Waals surface area contributed by atoms with Gasteiger partial charge in [-0.3, -0.25) is 0 Å². The van der Waals surface area contributed by atoms with Crippen molar-refractivity contribution in [3.05, 3.63) is 28.2 Å². The summed E-state index contributed by atoms with van der Waals surface area (Å²) in [4.78, 5) is 0.388. The van der Waals surface area contributed by atoms with Crippen LogP contribution in [0.25, 0.3) is 0 Å². The smallest absolute Gasteiger partial charge is 0.243 e. The Morgan fingerprint density at radius 1 is 1.43 bits per heavy atom. The molecule has 1 aliphatic rings. The van der Waals surface area contributed by atoms with Crippen LogP contribution < -0.4 is 5.32 Å². The Labute approximate surface area is 141 Å². The van der Waals surface area contributed by atoms with E-state index in [0.29, 0.717) is 11.4 Å². The molecule has 1 atom stereocenters. The Balaban J connectivity index is 0.00000220. The SMILES string of the molecule is CCCN(C1CCNC1)S(=O)(=O)c1ccc(Br)c(C)c1.Cl. The van der Waals surface area contributed by atoms with Gasteiger partial charge in [-0.15, -0.1) is 12.4 Å². The topological polar surface area (TPSA) is 49.4 Å². The number of sulfonamides is 1. The van der Waals surface area contributed by atoms with Crippen LogP contribution in [0.2, 0.25) is 0 Å². The van der Waals surface area contributed by atoms with Crippen molar-refractivity contribution in [1.29, 1.82) is 0 Å². The summed E-state index contributed by atoms with van der Waals surface area (Å²) in [6, 6.07) is 5.30. The summed E-state index contributed by atoms with van der Waals surface area (Å²) in [7, 11) is -3.41. The summed E-state index contributed by atoms with van der Waals surface area (Å²) in [5.74, 6) is 0. The normalized spacial score (nSPS) is 18.8. The number of aryl methyl sites for hydroxylation is 1. The van der Waals surface area contributed by atoms with Crippen LogP contribution in [0.5, 0.6) is 0 Å². The van der Waals surface area contributed by atoms with Gasteiger partial charge in [0, 0.05) is 23.6 Å². The molecule has 0 aliphatic carbocycles. The van der Waals surface area contributed by atoms with Crippen LogP contribution in [0, 0.1) is 6.92 Å². The second kappa shape index (κ2) is 7.92. The van der Waals surface area contributed by atoms with Gasteiger partial charge in [0.25, 0.3) is 0 Å². The van der Waals surface area contributed by atoms with Crippen molar-refractivity contribution in [1.82, 2.24) is 9.62 Å². The fraction of sp³-hybridized carbons (Fsp3) is 0.571. The molecule has 1 fully saturated rings. The van der Waals surface area contributed by atoms with E-state index < -0.39 is 10.0 Å². The predicted molar refractivity (Wildman–Crippen MR) is 91.6 cm³/mol. The van der Waals surface area contributed by atoms with E-state index in [1.807, 2.05) is 13.8 Å². The molecule has 1 N–H and O–H groups in total. The Bertz CT molecular complexity index is 574. The van der Waals surface area contributed by atoms with Gasteiger partial charge in [0.05, 0.1) is 4.90 Å². The predicted octanol–water partition coefficient (Wildman–Crippen LogP) is 2.94. The highest BCUT2D eigenvalue weighted by Crippen LogP contribution is 2.25. The third-order valence-electron chi connectivity index (χ3n) is 3.62. The van der Waals surface area contributed by atoms with Crippen molar-refractivity contribution in [2.75, 3.05) is 19.6 Å². The van der Waals surface area contributed by atoms with Gasteiger partial charge >= 0.3 is 0 Å². The van der Waals surface area contributed by atoms with Crippen LogP contribution in [0.3, 0.4) is 0 Å². The Kier molecular flexibility index (Phi) is 7.13. The minimum atomic E-state index is -3.41. The molecule has 4 nitrogen and oxygen atoms in total. The van der Waals surface area contributed by atoms with E-state index in [2.05, 4.69) is 21.2 Å². The van der Waals surface area contributed by atoms with Crippen LogP contribution in [0.15, 0.2) is 27.6 Å². The summed E-state index contributed by atoms with van der Waals surface area (Å²) < 4.78 is 28.3. The molecule has 21 heavy (non-hydrogen) atoms. The average Bonchev–Trinajstić information content (AvgIpc) is 2.92. The summed E-state index contributed by atoms with van der Waals surface area (Å²) in [6.07, 6.45) is 1.71. The number of halogens is 2. The van der Waals surface area contributed by atoms with E-state index >= 15 is 0 Å². The highest BCUT2D eigenvalue weighted by molar-refractivity contribution is 9.10. The van der Waals surface area contributed by atoms with Gasteiger partial charge < -0.3 is 5.32 Å². The first-order valence-electron chi connectivity index (χ1n) is 6.95. The Morgan fingerprint density at radius 2 is 2.14 bits per heavy atom. The molecule has 1 saturated heterocycles. The second-order valence-electron chi connectivity index (χ2n) is 5.17. The molecule has 7 heteroatoms. The van der Waals surface area contributed by atoms with E-state index in [0.717, 1.165) is 36.0 Å². The number of hydrogen-bond donors (Lipinski definition) is 1. The highest BCUT2D eigenvalue weighted by atomic mass is 79.9. The zero-order valence-electron chi connectivity index (χ0n) is 12.3. The van der Waals surface area contributed by atoms with Crippen molar-refractivity contribution in [3.63, 3.8) is 0 Å². The molecule has 1 aromatic rings. The second-order valence-corrected chi connectivity index (χ2v) is 7.92. The number of benzene rings is 1. The van der Waals surface area contributed by atoms with Crippen molar-refractivity contribution < 1.29 is 8.42 Å². The number of nitrogens with one attached hydrogen (secondary N) is 1. The van der Waals surface area contributed by atoms with Gasteiger partial charge in [-0.25, -0.2) is 8.42 Å². The minimum Gasteiger partial charge on any atom is -0.315 e. The maximum absolute atomic E-state index is 12.9. The van der Waals surface area contributed by atoms with Gasteiger partial charge in [0.2, 0.25) is 10.0 Å². The van der Waals surface area contributed by atoms with Gasteiger partial charge in [-0.1, -0.05) is 22.9 Å². The summed E-state index contributed by atoms with van der Waals surface area (Å²) in [5, 5.41) is 3.24. The Morgan fingerprint density at radius 3 is 2.67 bits per heavy atom. The van der Waals surface area contributed by atoms with Gasteiger partial charge in [0.15, 0.2) is 0 Å². The lowest BCUT2D eigenvalue weighted by Crippen LogP contribution is -2.42. The number of rotatable bonds is 5. The van der Waals surface area contributed by atoms with E-state index in [9.17, 15) is 8.42 Å². The molecule has 0 bridgehead atoms. The lowest BCUT2D eigenvalue weighted by molar-refractivity contribution is 0.335. The molecule has 0 radical (unpaired) electrons. The van der Waals surface area contributed by atoms with E-state index in [1.165, 1.54) is 0 Å². The molecule has 1 aliphatic heterocycles. The first kappa shape index (κ1) is 18.9. The zero-order valence-corrected chi connectivity index (χ0v) is 15.5. The van der Waals surface area contributed by atoms with Crippen molar-refractivity contribution in [2.24, 2.45) is 0 Å². The Hall–Kier alpha value is -0.140. The van der Waals surface area contributed by atoms with Crippen molar-refractivity contribution in [2.45, 2.75) is 37.6 Å². The van der Waals surface area contributed by atoms with Crippen molar-refractivity contribution >= 4 is 38.4 Å². The maximum atomic E-state index is 12.9. The monoisotopic (exact) mass is 396 g/mol. The molecule has 120 valence electrons. The quantitative estimate of drug-likeness (QED) is 0.831. The van der Waals surface area contributed by atoms with Gasteiger partial charge in [-0.05, 0) is 50.1 Å². The molecule has 0 spiro atoms. The lowest BCUT2D eigenvalue weighted by Gasteiger charge is -2.27. The maximum Gasteiger partial charge on any atom is 0.243 e. The van der Waals surface area contributed by atoms with E-state index in [1.54, 1.807) is 22.5 Å². The molecular weight excluding hydrogens is 376 g/mol. The lowest BCUT2D eigenvalue weighted by atomic mass is 10.2.